The lowest BCUT2D eigenvalue weighted by Gasteiger charge is -2.08. The Morgan fingerprint density at radius 2 is 2.16 bits per heavy atom. The number of hydrogen-bond donors (Lipinski definition) is 1. The van der Waals surface area contributed by atoms with E-state index in [-0.39, 0.29) is 12.5 Å². The predicted octanol–water partition coefficient (Wildman–Crippen LogP) is 3.04. The third-order valence-corrected chi connectivity index (χ3v) is 4.18. The molecule has 0 saturated carbocycles. The average Bonchev–Trinajstić information content (AvgIpc) is 2.85. The van der Waals surface area contributed by atoms with Gasteiger partial charge in [-0.3, -0.25) is 4.79 Å². The Morgan fingerprint density at radius 3 is 2.88 bits per heavy atom. The number of nitrogens with one attached hydrogen (secondary N) is 1. The zero-order chi connectivity index (χ0) is 18.2. The number of amides is 1. The molecule has 2 aromatic rings. The summed E-state index contributed by atoms with van der Waals surface area (Å²) < 4.78 is 13.6. The van der Waals surface area contributed by atoms with Gasteiger partial charge in [0.2, 0.25) is 0 Å². The molecule has 1 heterocycles. The number of methoxy groups -OCH3 is 1. The quantitative estimate of drug-likeness (QED) is 0.540. The number of hydrogen-bond acceptors (Lipinski definition) is 4. The topological polar surface area (TPSA) is 64.8 Å². The van der Waals surface area contributed by atoms with Crippen molar-refractivity contribution in [2.75, 3.05) is 20.3 Å². The lowest BCUT2D eigenvalue weighted by Crippen LogP contribution is -2.24. The number of ether oxygens (including phenoxy) is 2. The molecule has 0 aliphatic rings. The van der Waals surface area contributed by atoms with Gasteiger partial charge in [0, 0.05) is 35.1 Å². The molecule has 0 fully saturated rings. The minimum absolute atomic E-state index is 0.0966. The Kier molecular flexibility index (Phi) is 7.21. The molecule has 0 spiro atoms. The van der Waals surface area contributed by atoms with Crippen LogP contribution in [0.3, 0.4) is 0 Å². The van der Waals surface area contributed by atoms with Crippen LogP contribution in [0, 0.1) is 13.8 Å². The molecule has 2 rings (SSSR count). The Labute approximate surface area is 155 Å². The van der Waals surface area contributed by atoms with E-state index in [2.05, 4.69) is 31.0 Å². The first-order valence-electron chi connectivity index (χ1n) is 7.87. The van der Waals surface area contributed by atoms with Crippen LogP contribution < -0.4 is 10.2 Å². The first kappa shape index (κ1) is 19.2. The van der Waals surface area contributed by atoms with Crippen LogP contribution in [-0.4, -0.2) is 37.0 Å². The molecule has 0 atom stereocenters. The van der Waals surface area contributed by atoms with Crippen LogP contribution in [-0.2, 0) is 16.1 Å². The van der Waals surface area contributed by atoms with Crippen LogP contribution in [0.15, 0.2) is 39.9 Å². The van der Waals surface area contributed by atoms with Gasteiger partial charge in [-0.2, -0.15) is 5.10 Å². The van der Waals surface area contributed by atoms with Gasteiger partial charge in [0.25, 0.3) is 5.91 Å². The lowest BCUT2D eigenvalue weighted by molar-refractivity contribution is -0.123. The van der Waals surface area contributed by atoms with E-state index < -0.39 is 0 Å². The SMILES string of the molecule is COCCn1c(C)cc(C=NNC(=O)COc2cccc(Br)c2)c1C. The van der Waals surface area contributed by atoms with Crippen molar-refractivity contribution in [1.82, 2.24) is 9.99 Å². The standard InChI is InChI=1S/C18H22BrN3O3/c1-13-9-15(14(2)22(13)7-8-24-3)11-20-21-18(23)12-25-17-6-4-5-16(19)10-17/h4-6,9-11H,7-8,12H2,1-3H3,(H,21,23). The van der Waals surface area contributed by atoms with Gasteiger partial charge in [0.1, 0.15) is 5.75 Å². The van der Waals surface area contributed by atoms with Crippen LogP contribution in [0.1, 0.15) is 17.0 Å². The molecule has 1 aromatic carbocycles. The van der Waals surface area contributed by atoms with E-state index in [4.69, 9.17) is 9.47 Å². The van der Waals surface area contributed by atoms with E-state index in [0.717, 1.165) is 28.0 Å². The van der Waals surface area contributed by atoms with E-state index >= 15 is 0 Å². The molecule has 25 heavy (non-hydrogen) atoms. The fourth-order valence-corrected chi connectivity index (χ4v) is 2.78. The van der Waals surface area contributed by atoms with Gasteiger partial charge in [-0.05, 0) is 38.1 Å². The monoisotopic (exact) mass is 407 g/mol. The highest BCUT2D eigenvalue weighted by molar-refractivity contribution is 9.10. The van der Waals surface area contributed by atoms with E-state index in [9.17, 15) is 4.79 Å². The van der Waals surface area contributed by atoms with Crippen molar-refractivity contribution in [3.8, 4) is 5.75 Å². The maximum Gasteiger partial charge on any atom is 0.277 e. The Morgan fingerprint density at radius 1 is 1.36 bits per heavy atom. The summed E-state index contributed by atoms with van der Waals surface area (Å²) in [6.07, 6.45) is 1.64. The fraction of sp³-hybridized carbons (Fsp3) is 0.333. The van der Waals surface area contributed by atoms with Crippen molar-refractivity contribution in [2.45, 2.75) is 20.4 Å². The third-order valence-electron chi connectivity index (χ3n) is 3.69. The second-order valence-electron chi connectivity index (χ2n) is 5.51. The van der Waals surface area contributed by atoms with Crippen LogP contribution in [0.5, 0.6) is 5.75 Å². The number of benzene rings is 1. The summed E-state index contributed by atoms with van der Waals surface area (Å²) in [7, 11) is 1.68. The summed E-state index contributed by atoms with van der Waals surface area (Å²) in [6, 6.07) is 9.34. The Balaban J connectivity index is 1.87. The van der Waals surface area contributed by atoms with Crippen LogP contribution in [0.2, 0.25) is 0 Å². The van der Waals surface area contributed by atoms with Crippen molar-refractivity contribution >= 4 is 28.1 Å². The van der Waals surface area contributed by atoms with Crippen LogP contribution in [0.25, 0.3) is 0 Å². The molecule has 1 amide bonds. The molecule has 7 heteroatoms. The lowest BCUT2D eigenvalue weighted by atomic mass is 10.3. The van der Waals surface area contributed by atoms with Crippen LogP contribution >= 0.6 is 15.9 Å². The van der Waals surface area contributed by atoms with Crippen molar-refractivity contribution < 1.29 is 14.3 Å². The van der Waals surface area contributed by atoms with Crippen molar-refractivity contribution in [1.29, 1.82) is 0 Å². The highest BCUT2D eigenvalue weighted by atomic mass is 79.9. The van der Waals surface area contributed by atoms with E-state index in [1.54, 1.807) is 25.5 Å². The van der Waals surface area contributed by atoms with Crippen molar-refractivity contribution in [2.24, 2.45) is 5.10 Å². The summed E-state index contributed by atoms with van der Waals surface area (Å²) in [4.78, 5) is 11.8. The molecule has 0 radical (unpaired) electrons. The third kappa shape index (κ3) is 5.72. The molecular formula is C18H22BrN3O3. The molecule has 6 nitrogen and oxygen atoms in total. The summed E-state index contributed by atoms with van der Waals surface area (Å²) in [5.74, 6) is 0.305. The molecule has 0 aliphatic carbocycles. The van der Waals surface area contributed by atoms with E-state index in [0.29, 0.717) is 12.4 Å². The first-order valence-corrected chi connectivity index (χ1v) is 8.66. The fourth-order valence-electron chi connectivity index (χ4n) is 2.40. The Bertz CT molecular complexity index is 756. The second kappa shape index (κ2) is 9.39. The highest BCUT2D eigenvalue weighted by Gasteiger charge is 2.07. The van der Waals surface area contributed by atoms with E-state index in [1.807, 2.05) is 32.0 Å². The molecule has 0 bridgehead atoms. The predicted molar refractivity (Wildman–Crippen MR) is 101 cm³/mol. The number of carbonyl (C=O) groups excluding carboxylic acids is 1. The van der Waals surface area contributed by atoms with Gasteiger partial charge in [-0.25, -0.2) is 5.43 Å². The van der Waals surface area contributed by atoms with Gasteiger partial charge in [-0.15, -0.1) is 0 Å². The summed E-state index contributed by atoms with van der Waals surface area (Å²) in [6.45, 7) is 5.39. The summed E-state index contributed by atoms with van der Waals surface area (Å²) in [5, 5.41) is 4.01. The molecule has 0 saturated heterocycles. The van der Waals surface area contributed by atoms with Crippen molar-refractivity contribution in [3.05, 3.63) is 51.8 Å². The van der Waals surface area contributed by atoms with Gasteiger partial charge in [-0.1, -0.05) is 22.0 Å². The van der Waals surface area contributed by atoms with Gasteiger partial charge in [0.15, 0.2) is 6.61 Å². The number of halogens is 1. The number of nitrogens with zero attached hydrogens (tertiary/aromatic N) is 2. The second-order valence-corrected chi connectivity index (χ2v) is 6.43. The number of hydrazone groups is 1. The maximum absolute atomic E-state index is 11.8. The maximum atomic E-state index is 11.8. The zero-order valence-corrected chi connectivity index (χ0v) is 16.2. The minimum atomic E-state index is -0.315. The molecular weight excluding hydrogens is 386 g/mol. The number of carbonyl (C=O) groups is 1. The highest BCUT2D eigenvalue weighted by Crippen LogP contribution is 2.17. The van der Waals surface area contributed by atoms with E-state index in [1.165, 1.54) is 0 Å². The average molecular weight is 408 g/mol. The van der Waals surface area contributed by atoms with Gasteiger partial charge in [0.05, 0.1) is 12.8 Å². The van der Waals surface area contributed by atoms with Gasteiger partial charge < -0.3 is 14.0 Å². The zero-order valence-electron chi connectivity index (χ0n) is 14.6. The van der Waals surface area contributed by atoms with Gasteiger partial charge >= 0.3 is 0 Å². The van der Waals surface area contributed by atoms with Crippen LogP contribution in [0.4, 0.5) is 0 Å². The summed E-state index contributed by atoms with van der Waals surface area (Å²) in [5.41, 5.74) is 5.64. The molecule has 1 aromatic heterocycles. The molecule has 0 aliphatic heterocycles. The summed E-state index contributed by atoms with van der Waals surface area (Å²) >= 11 is 3.35. The number of rotatable bonds is 8. The molecule has 0 unspecified atom stereocenters. The first-order chi connectivity index (χ1) is 12.0. The molecule has 1 N–H and O–H groups in total. The number of aryl methyl sites for hydroxylation is 1. The largest absolute Gasteiger partial charge is 0.484 e. The molecule has 134 valence electrons. The normalized spacial score (nSPS) is 11.0. The smallest absolute Gasteiger partial charge is 0.277 e. The van der Waals surface area contributed by atoms with Crippen molar-refractivity contribution in [3.63, 3.8) is 0 Å². The Hall–Kier alpha value is -2.12. The number of aromatic nitrogens is 1. The minimum Gasteiger partial charge on any atom is -0.484 e.